The van der Waals surface area contributed by atoms with E-state index in [9.17, 15) is 0 Å². The Bertz CT molecular complexity index is 751. The third-order valence-corrected chi connectivity index (χ3v) is 3.44. The highest BCUT2D eigenvalue weighted by Crippen LogP contribution is 2.19. The standard InChI is InChI=1S/C18H18N2O/c1-13-10-15(17-4-2-3-5-18(17)20-13)12-21-11-14-6-8-16(19)9-7-14/h2-10H,11-12,19H2,1H3. The van der Waals surface area contributed by atoms with Gasteiger partial charge in [0.1, 0.15) is 0 Å². The SMILES string of the molecule is Cc1cc(COCc2ccc(N)cc2)c2ccccc2n1. The summed E-state index contributed by atoms with van der Waals surface area (Å²) in [5.41, 5.74) is 10.8. The first-order valence-electron chi connectivity index (χ1n) is 7.00. The maximum absolute atomic E-state index is 5.84. The molecule has 0 saturated carbocycles. The number of nitrogens with two attached hydrogens (primary N) is 1. The van der Waals surface area contributed by atoms with Gasteiger partial charge in [0.15, 0.2) is 0 Å². The number of rotatable bonds is 4. The minimum Gasteiger partial charge on any atom is -0.399 e. The summed E-state index contributed by atoms with van der Waals surface area (Å²) in [4.78, 5) is 4.54. The van der Waals surface area contributed by atoms with Gasteiger partial charge < -0.3 is 10.5 Å². The topological polar surface area (TPSA) is 48.1 Å². The third kappa shape index (κ3) is 3.20. The summed E-state index contributed by atoms with van der Waals surface area (Å²) in [6.07, 6.45) is 0. The first-order chi connectivity index (χ1) is 10.2. The summed E-state index contributed by atoms with van der Waals surface area (Å²) >= 11 is 0. The summed E-state index contributed by atoms with van der Waals surface area (Å²) in [7, 11) is 0. The van der Waals surface area contributed by atoms with Gasteiger partial charge in [0.05, 0.1) is 18.7 Å². The maximum Gasteiger partial charge on any atom is 0.0728 e. The van der Waals surface area contributed by atoms with E-state index >= 15 is 0 Å². The van der Waals surface area contributed by atoms with Gasteiger partial charge in [0.25, 0.3) is 0 Å². The van der Waals surface area contributed by atoms with Gasteiger partial charge in [-0.25, -0.2) is 0 Å². The second-order valence-corrected chi connectivity index (χ2v) is 5.17. The predicted octanol–water partition coefficient (Wildman–Crippen LogP) is 3.84. The van der Waals surface area contributed by atoms with Crippen LogP contribution in [0.1, 0.15) is 16.8 Å². The Morgan fingerprint density at radius 1 is 1.00 bits per heavy atom. The summed E-state index contributed by atoms with van der Waals surface area (Å²) in [6, 6.07) is 18.0. The molecule has 3 rings (SSSR count). The minimum absolute atomic E-state index is 0.578. The molecule has 0 amide bonds. The highest BCUT2D eigenvalue weighted by atomic mass is 16.5. The van der Waals surface area contributed by atoms with E-state index in [-0.39, 0.29) is 0 Å². The van der Waals surface area contributed by atoms with E-state index in [4.69, 9.17) is 10.5 Å². The van der Waals surface area contributed by atoms with Crippen molar-refractivity contribution in [1.82, 2.24) is 4.98 Å². The second kappa shape index (κ2) is 5.94. The van der Waals surface area contributed by atoms with Crippen LogP contribution >= 0.6 is 0 Å². The zero-order valence-electron chi connectivity index (χ0n) is 12.0. The van der Waals surface area contributed by atoms with Crippen LogP contribution in [0.5, 0.6) is 0 Å². The van der Waals surface area contributed by atoms with E-state index < -0.39 is 0 Å². The van der Waals surface area contributed by atoms with Gasteiger partial charge >= 0.3 is 0 Å². The van der Waals surface area contributed by atoms with E-state index in [0.717, 1.165) is 27.8 Å². The third-order valence-electron chi connectivity index (χ3n) is 3.44. The van der Waals surface area contributed by atoms with E-state index in [0.29, 0.717) is 13.2 Å². The van der Waals surface area contributed by atoms with Crippen molar-refractivity contribution in [3.8, 4) is 0 Å². The molecular weight excluding hydrogens is 260 g/mol. The van der Waals surface area contributed by atoms with Gasteiger partial charge in [-0.15, -0.1) is 0 Å². The molecule has 1 aromatic heterocycles. The van der Waals surface area contributed by atoms with Gasteiger partial charge in [-0.1, -0.05) is 30.3 Å². The van der Waals surface area contributed by atoms with Crippen molar-refractivity contribution in [1.29, 1.82) is 0 Å². The Morgan fingerprint density at radius 3 is 2.57 bits per heavy atom. The van der Waals surface area contributed by atoms with Crippen molar-refractivity contribution in [2.45, 2.75) is 20.1 Å². The molecular formula is C18H18N2O. The van der Waals surface area contributed by atoms with Crippen molar-refractivity contribution in [3.05, 3.63) is 71.4 Å². The van der Waals surface area contributed by atoms with Crippen LogP contribution in [0.4, 0.5) is 5.69 Å². The molecule has 0 unspecified atom stereocenters. The molecule has 0 spiro atoms. The van der Waals surface area contributed by atoms with Crippen LogP contribution in [0.2, 0.25) is 0 Å². The average molecular weight is 278 g/mol. The van der Waals surface area contributed by atoms with Crippen LogP contribution in [-0.4, -0.2) is 4.98 Å². The summed E-state index contributed by atoms with van der Waals surface area (Å²) in [5.74, 6) is 0. The zero-order chi connectivity index (χ0) is 14.7. The van der Waals surface area contributed by atoms with Gasteiger partial charge in [-0.3, -0.25) is 4.98 Å². The number of benzene rings is 2. The lowest BCUT2D eigenvalue weighted by atomic mass is 10.1. The lowest BCUT2D eigenvalue weighted by molar-refractivity contribution is 0.108. The summed E-state index contributed by atoms with van der Waals surface area (Å²) in [6.45, 7) is 3.17. The van der Waals surface area contributed by atoms with Gasteiger partial charge in [0.2, 0.25) is 0 Å². The molecule has 0 aliphatic rings. The monoisotopic (exact) mass is 278 g/mol. The molecule has 0 radical (unpaired) electrons. The number of pyridine rings is 1. The molecule has 3 heteroatoms. The van der Waals surface area contributed by atoms with E-state index in [2.05, 4.69) is 17.1 Å². The fraction of sp³-hybridized carbons (Fsp3) is 0.167. The fourth-order valence-corrected chi connectivity index (χ4v) is 2.41. The average Bonchev–Trinajstić information content (AvgIpc) is 2.49. The Morgan fingerprint density at radius 2 is 1.76 bits per heavy atom. The largest absolute Gasteiger partial charge is 0.399 e. The number of aryl methyl sites for hydroxylation is 1. The molecule has 106 valence electrons. The normalized spacial score (nSPS) is 10.9. The molecule has 2 N–H and O–H groups in total. The molecule has 0 bridgehead atoms. The predicted molar refractivity (Wildman–Crippen MR) is 85.8 cm³/mol. The van der Waals surface area contributed by atoms with Crippen LogP contribution in [0.3, 0.4) is 0 Å². The maximum atomic E-state index is 5.84. The highest BCUT2D eigenvalue weighted by Gasteiger charge is 2.04. The molecule has 3 aromatic rings. The van der Waals surface area contributed by atoms with E-state index in [1.807, 2.05) is 49.4 Å². The van der Waals surface area contributed by atoms with E-state index in [1.165, 1.54) is 5.56 Å². The number of anilines is 1. The van der Waals surface area contributed by atoms with Crippen LogP contribution in [0.15, 0.2) is 54.6 Å². The molecule has 1 heterocycles. The smallest absolute Gasteiger partial charge is 0.0728 e. The number of aromatic nitrogens is 1. The lowest BCUT2D eigenvalue weighted by Crippen LogP contribution is -1.97. The number of hydrogen-bond donors (Lipinski definition) is 1. The Labute approximate surface area is 124 Å². The first kappa shape index (κ1) is 13.6. The second-order valence-electron chi connectivity index (χ2n) is 5.17. The van der Waals surface area contributed by atoms with Crippen molar-refractivity contribution in [3.63, 3.8) is 0 Å². The summed E-state index contributed by atoms with van der Waals surface area (Å²) in [5, 5.41) is 1.15. The fourth-order valence-electron chi connectivity index (χ4n) is 2.41. The Kier molecular flexibility index (Phi) is 3.84. The molecule has 21 heavy (non-hydrogen) atoms. The number of para-hydroxylation sites is 1. The van der Waals surface area contributed by atoms with Crippen LogP contribution in [0.25, 0.3) is 10.9 Å². The van der Waals surface area contributed by atoms with Crippen molar-refractivity contribution < 1.29 is 4.74 Å². The molecule has 3 nitrogen and oxygen atoms in total. The number of fused-ring (bicyclic) bond motifs is 1. The zero-order valence-corrected chi connectivity index (χ0v) is 12.0. The molecule has 0 aliphatic heterocycles. The first-order valence-corrected chi connectivity index (χ1v) is 7.00. The quantitative estimate of drug-likeness (QED) is 0.738. The van der Waals surface area contributed by atoms with Crippen molar-refractivity contribution in [2.75, 3.05) is 5.73 Å². The van der Waals surface area contributed by atoms with Gasteiger partial charge in [0, 0.05) is 16.8 Å². The van der Waals surface area contributed by atoms with Gasteiger partial charge in [-0.05, 0) is 42.3 Å². The number of nitrogens with zero attached hydrogens (tertiary/aromatic N) is 1. The minimum atomic E-state index is 0.578. The van der Waals surface area contributed by atoms with Crippen LogP contribution < -0.4 is 5.73 Å². The Balaban J connectivity index is 1.74. The van der Waals surface area contributed by atoms with E-state index in [1.54, 1.807) is 0 Å². The van der Waals surface area contributed by atoms with Crippen molar-refractivity contribution in [2.24, 2.45) is 0 Å². The number of hydrogen-bond acceptors (Lipinski definition) is 3. The van der Waals surface area contributed by atoms with Crippen LogP contribution in [-0.2, 0) is 18.0 Å². The highest BCUT2D eigenvalue weighted by molar-refractivity contribution is 5.82. The molecule has 0 fully saturated rings. The molecule has 0 atom stereocenters. The number of ether oxygens (including phenoxy) is 1. The van der Waals surface area contributed by atoms with Crippen LogP contribution in [0, 0.1) is 6.92 Å². The van der Waals surface area contributed by atoms with Crippen molar-refractivity contribution >= 4 is 16.6 Å². The molecule has 0 aliphatic carbocycles. The van der Waals surface area contributed by atoms with Gasteiger partial charge in [-0.2, -0.15) is 0 Å². The summed E-state index contributed by atoms with van der Waals surface area (Å²) < 4.78 is 5.84. The molecule has 0 saturated heterocycles. The lowest BCUT2D eigenvalue weighted by Gasteiger charge is -2.09. The Hall–Kier alpha value is -2.39. The molecule has 2 aromatic carbocycles. The number of nitrogen functional groups attached to an aromatic ring is 1.